The van der Waals surface area contributed by atoms with Crippen LogP contribution in [0.15, 0.2) is 29.2 Å². The Labute approximate surface area is 126 Å². The number of rotatable bonds is 4. The van der Waals surface area contributed by atoms with Crippen LogP contribution in [-0.4, -0.2) is 38.9 Å². The van der Waals surface area contributed by atoms with E-state index in [1.807, 2.05) is 6.92 Å². The van der Waals surface area contributed by atoms with Crippen molar-refractivity contribution in [3.8, 4) is 0 Å². The van der Waals surface area contributed by atoms with Crippen LogP contribution < -0.4 is 4.72 Å². The first-order valence-electron chi connectivity index (χ1n) is 7.20. The fourth-order valence-corrected chi connectivity index (χ4v) is 3.66. The Balaban J connectivity index is 1.95. The van der Waals surface area contributed by atoms with E-state index in [9.17, 15) is 13.2 Å². The standard InChI is InChI=1S/C15H22N2O3S/c1-12-5-7-15(8-6-12)21(19,20)16-10-14-4-3-9-17(11-14)13(2)18/h5-8,14,16H,3-4,9-11H2,1-2H3/t14-/m0/s1. The minimum Gasteiger partial charge on any atom is -0.343 e. The van der Waals surface area contributed by atoms with Gasteiger partial charge in [0.25, 0.3) is 0 Å². The lowest BCUT2D eigenvalue weighted by molar-refractivity contribution is -0.130. The van der Waals surface area contributed by atoms with Crippen molar-refractivity contribution in [1.29, 1.82) is 0 Å². The molecular formula is C15H22N2O3S. The molecule has 21 heavy (non-hydrogen) atoms. The van der Waals surface area contributed by atoms with Crippen LogP contribution in [0.5, 0.6) is 0 Å². The van der Waals surface area contributed by atoms with Crippen LogP contribution in [0, 0.1) is 12.8 Å². The molecule has 1 aromatic rings. The van der Waals surface area contributed by atoms with Gasteiger partial charge in [-0.25, -0.2) is 13.1 Å². The third-order valence-electron chi connectivity index (χ3n) is 3.86. The molecule has 5 nitrogen and oxygen atoms in total. The highest BCUT2D eigenvalue weighted by Gasteiger charge is 2.23. The average Bonchev–Trinajstić information content (AvgIpc) is 2.46. The van der Waals surface area contributed by atoms with Crippen LogP contribution in [0.25, 0.3) is 0 Å². The smallest absolute Gasteiger partial charge is 0.240 e. The first-order valence-corrected chi connectivity index (χ1v) is 8.68. The van der Waals surface area contributed by atoms with Crippen LogP contribution in [-0.2, 0) is 14.8 Å². The number of hydrogen-bond donors (Lipinski definition) is 1. The molecule has 1 aliphatic heterocycles. The summed E-state index contributed by atoms with van der Waals surface area (Å²) in [6.07, 6.45) is 1.87. The van der Waals surface area contributed by atoms with E-state index in [1.54, 1.807) is 36.1 Å². The van der Waals surface area contributed by atoms with Crippen molar-refractivity contribution >= 4 is 15.9 Å². The molecule has 0 spiro atoms. The van der Waals surface area contributed by atoms with Crippen LogP contribution >= 0.6 is 0 Å². The van der Waals surface area contributed by atoms with Crippen molar-refractivity contribution in [1.82, 2.24) is 9.62 Å². The molecule has 6 heteroatoms. The SMILES string of the molecule is CC(=O)N1CCC[C@@H](CNS(=O)(=O)c2ccc(C)cc2)C1. The molecule has 1 N–H and O–H groups in total. The van der Waals surface area contributed by atoms with Crippen LogP contribution in [0.1, 0.15) is 25.3 Å². The van der Waals surface area contributed by atoms with Crippen molar-refractivity contribution in [3.63, 3.8) is 0 Å². The van der Waals surface area contributed by atoms with Gasteiger partial charge >= 0.3 is 0 Å². The Morgan fingerprint density at radius 3 is 2.62 bits per heavy atom. The molecule has 2 rings (SSSR count). The lowest BCUT2D eigenvalue weighted by atomic mass is 9.98. The van der Waals surface area contributed by atoms with E-state index in [0.29, 0.717) is 13.1 Å². The van der Waals surface area contributed by atoms with Crippen molar-refractivity contribution in [2.24, 2.45) is 5.92 Å². The van der Waals surface area contributed by atoms with E-state index >= 15 is 0 Å². The fraction of sp³-hybridized carbons (Fsp3) is 0.533. The molecule has 0 unspecified atom stereocenters. The summed E-state index contributed by atoms with van der Waals surface area (Å²) in [7, 11) is -3.47. The number of piperidine rings is 1. The minimum atomic E-state index is -3.47. The first kappa shape index (κ1) is 16.0. The second kappa shape index (κ2) is 6.58. The van der Waals surface area contributed by atoms with Gasteiger partial charge in [0.2, 0.25) is 15.9 Å². The zero-order valence-corrected chi connectivity index (χ0v) is 13.3. The molecule has 0 bridgehead atoms. The number of sulfonamides is 1. The van der Waals surface area contributed by atoms with Crippen molar-refractivity contribution < 1.29 is 13.2 Å². The number of carbonyl (C=O) groups excluding carboxylic acids is 1. The number of amides is 1. The molecular weight excluding hydrogens is 288 g/mol. The minimum absolute atomic E-state index is 0.0566. The summed E-state index contributed by atoms with van der Waals surface area (Å²) in [5, 5.41) is 0. The third kappa shape index (κ3) is 4.28. The maximum atomic E-state index is 12.2. The summed E-state index contributed by atoms with van der Waals surface area (Å²) in [5.41, 5.74) is 1.03. The predicted molar refractivity (Wildman–Crippen MR) is 81.3 cm³/mol. The Kier molecular flexibility index (Phi) is 5.00. The van der Waals surface area contributed by atoms with Crippen molar-refractivity contribution in [3.05, 3.63) is 29.8 Å². The molecule has 0 radical (unpaired) electrons. The highest BCUT2D eigenvalue weighted by Crippen LogP contribution is 2.17. The zero-order chi connectivity index (χ0) is 15.5. The van der Waals surface area contributed by atoms with Gasteiger partial charge in [-0.1, -0.05) is 17.7 Å². The Hall–Kier alpha value is -1.40. The quantitative estimate of drug-likeness (QED) is 0.917. The van der Waals surface area contributed by atoms with Gasteiger partial charge in [-0.05, 0) is 37.8 Å². The summed E-state index contributed by atoms with van der Waals surface area (Å²) >= 11 is 0. The second-order valence-electron chi connectivity index (χ2n) is 5.64. The Bertz CT molecular complexity index is 596. The maximum absolute atomic E-state index is 12.2. The molecule has 1 amide bonds. The first-order chi connectivity index (χ1) is 9.88. The number of nitrogens with zero attached hydrogens (tertiary/aromatic N) is 1. The van der Waals surface area contributed by atoms with Gasteiger partial charge in [-0.15, -0.1) is 0 Å². The van der Waals surface area contributed by atoms with Gasteiger partial charge in [0.1, 0.15) is 0 Å². The Morgan fingerprint density at radius 1 is 1.33 bits per heavy atom. The van der Waals surface area contributed by atoms with E-state index in [4.69, 9.17) is 0 Å². The van der Waals surface area contributed by atoms with E-state index in [-0.39, 0.29) is 16.7 Å². The number of nitrogens with one attached hydrogen (secondary N) is 1. The Morgan fingerprint density at radius 2 is 2.00 bits per heavy atom. The van der Waals surface area contributed by atoms with Crippen molar-refractivity contribution in [2.75, 3.05) is 19.6 Å². The molecule has 0 aromatic heterocycles. The third-order valence-corrected chi connectivity index (χ3v) is 5.30. The lowest BCUT2D eigenvalue weighted by Crippen LogP contribution is -2.42. The molecule has 1 fully saturated rings. The van der Waals surface area contributed by atoms with E-state index in [0.717, 1.165) is 24.9 Å². The van der Waals surface area contributed by atoms with E-state index in [1.165, 1.54) is 0 Å². The summed E-state index contributed by atoms with van der Waals surface area (Å²) in [6, 6.07) is 6.79. The molecule has 1 saturated heterocycles. The zero-order valence-electron chi connectivity index (χ0n) is 12.5. The maximum Gasteiger partial charge on any atom is 0.240 e. The van der Waals surface area contributed by atoms with Crippen LogP contribution in [0.2, 0.25) is 0 Å². The molecule has 116 valence electrons. The van der Waals surface area contributed by atoms with E-state index in [2.05, 4.69) is 4.72 Å². The van der Waals surface area contributed by atoms with Gasteiger partial charge in [0.05, 0.1) is 4.90 Å². The molecule has 1 atom stereocenters. The molecule has 0 saturated carbocycles. The summed E-state index contributed by atoms with van der Waals surface area (Å²) in [6.45, 7) is 5.25. The second-order valence-corrected chi connectivity index (χ2v) is 7.41. The highest BCUT2D eigenvalue weighted by atomic mass is 32.2. The largest absolute Gasteiger partial charge is 0.343 e. The van der Waals surface area contributed by atoms with Gasteiger partial charge in [0.15, 0.2) is 0 Å². The molecule has 1 aliphatic rings. The van der Waals surface area contributed by atoms with Gasteiger partial charge < -0.3 is 4.90 Å². The normalized spacial score (nSPS) is 19.5. The van der Waals surface area contributed by atoms with Crippen LogP contribution in [0.3, 0.4) is 0 Å². The van der Waals surface area contributed by atoms with Crippen molar-refractivity contribution in [2.45, 2.75) is 31.6 Å². The highest BCUT2D eigenvalue weighted by molar-refractivity contribution is 7.89. The lowest BCUT2D eigenvalue weighted by Gasteiger charge is -2.32. The number of benzene rings is 1. The summed E-state index contributed by atoms with van der Waals surface area (Å²) in [4.78, 5) is 13.5. The summed E-state index contributed by atoms with van der Waals surface area (Å²) < 4.78 is 27.1. The van der Waals surface area contributed by atoms with Crippen LogP contribution in [0.4, 0.5) is 0 Å². The predicted octanol–water partition coefficient (Wildman–Crippen LogP) is 1.53. The van der Waals surface area contributed by atoms with E-state index < -0.39 is 10.0 Å². The summed E-state index contributed by atoms with van der Waals surface area (Å²) in [5.74, 6) is 0.240. The van der Waals surface area contributed by atoms with Gasteiger partial charge in [-0.3, -0.25) is 4.79 Å². The van der Waals surface area contributed by atoms with Gasteiger partial charge in [-0.2, -0.15) is 0 Å². The fourth-order valence-electron chi connectivity index (χ4n) is 2.55. The number of carbonyl (C=O) groups is 1. The number of hydrogen-bond acceptors (Lipinski definition) is 3. The number of aryl methyl sites for hydroxylation is 1. The molecule has 0 aliphatic carbocycles. The molecule has 1 heterocycles. The topological polar surface area (TPSA) is 66.5 Å². The van der Waals surface area contributed by atoms with Gasteiger partial charge in [0, 0.05) is 26.6 Å². The average molecular weight is 310 g/mol. The monoisotopic (exact) mass is 310 g/mol. The molecule has 1 aromatic carbocycles. The number of likely N-dealkylation sites (tertiary alicyclic amines) is 1.